The van der Waals surface area contributed by atoms with E-state index >= 15 is 0 Å². The average molecular weight is 403 g/mol. The van der Waals surface area contributed by atoms with E-state index in [-0.39, 0.29) is 17.0 Å². The van der Waals surface area contributed by atoms with Crippen LogP contribution in [0.2, 0.25) is 0 Å². The number of fused-ring (bicyclic) bond motifs is 1. The van der Waals surface area contributed by atoms with E-state index < -0.39 is 0 Å². The predicted molar refractivity (Wildman–Crippen MR) is 102 cm³/mol. The first-order valence-corrected chi connectivity index (χ1v) is 9.32. The second-order valence-corrected chi connectivity index (χ2v) is 7.06. The Labute approximate surface area is 151 Å². The highest BCUT2D eigenvalue weighted by molar-refractivity contribution is 9.10. The Kier molecular flexibility index (Phi) is 5.06. The lowest BCUT2D eigenvalue weighted by molar-refractivity contribution is 0.0946. The summed E-state index contributed by atoms with van der Waals surface area (Å²) in [4.78, 5) is 28.7. The Bertz CT molecular complexity index is 951. The van der Waals surface area contributed by atoms with Crippen molar-refractivity contribution in [1.82, 2.24) is 10.3 Å². The van der Waals surface area contributed by atoms with Gasteiger partial charge in [-0.3, -0.25) is 9.59 Å². The van der Waals surface area contributed by atoms with Crippen LogP contribution in [0.1, 0.15) is 16.1 Å². The fraction of sp³-hybridized carbons (Fsp3) is 0.111. The van der Waals surface area contributed by atoms with Gasteiger partial charge in [-0.25, -0.2) is 0 Å². The van der Waals surface area contributed by atoms with Crippen molar-refractivity contribution >= 4 is 44.5 Å². The van der Waals surface area contributed by atoms with Gasteiger partial charge >= 0.3 is 0 Å². The molecule has 122 valence electrons. The second-order valence-electron chi connectivity index (χ2n) is 5.27. The highest BCUT2D eigenvalue weighted by Gasteiger charge is 2.10. The lowest BCUT2D eigenvalue weighted by Gasteiger charge is -2.07. The van der Waals surface area contributed by atoms with Crippen LogP contribution in [-0.2, 0) is 6.54 Å². The normalized spacial score (nSPS) is 10.8. The van der Waals surface area contributed by atoms with Gasteiger partial charge in [0.1, 0.15) is 5.69 Å². The summed E-state index contributed by atoms with van der Waals surface area (Å²) in [5, 5.41) is 3.38. The monoisotopic (exact) mass is 402 g/mol. The number of rotatable bonds is 4. The number of hydrogen-bond acceptors (Lipinski definition) is 3. The number of amides is 1. The Balaban J connectivity index is 1.78. The van der Waals surface area contributed by atoms with Crippen molar-refractivity contribution in [1.29, 1.82) is 0 Å². The molecule has 3 rings (SSSR count). The molecule has 0 bridgehead atoms. The molecule has 24 heavy (non-hydrogen) atoms. The first-order chi connectivity index (χ1) is 11.6. The average Bonchev–Trinajstić information content (AvgIpc) is 2.60. The molecule has 2 N–H and O–H groups in total. The SMILES string of the molecule is CSc1ccc(CNC(=O)c2cc(=O)c3cc(Br)ccc3[nH]2)cc1. The zero-order valence-corrected chi connectivity index (χ0v) is 15.3. The second kappa shape index (κ2) is 7.23. The fourth-order valence-electron chi connectivity index (χ4n) is 2.36. The number of thioether (sulfide) groups is 1. The van der Waals surface area contributed by atoms with Crippen molar-refractivity contribution in [3.05, 3.63) is 74.5 Å². The van der Waals surface area contributed by atoms with Gasteiger partial charge in [0.2, 0.25) is 0 Å². The van der Waals surface area contributed by atoms with Crippen molar-refractivity contribution in [3.8, 4) is 0 Å². The summed E-state index contributed by atoms with van der Waals surface area (Å²) in [5.41, 5.74) is 1.73. The van der Waals surface area contributed by atoms with Gasteiger partial charge in [0.05, 0.1) is 0 Å². The molecular formula is C18H15BrN2O2S. The third-order valence-corrected chi connectivity index (χ3v) is 4.89. The van der Waals surface area contributed by atoms with Crippen LogP contribution < -0.4 is 10.7 Å². The van der Waals surface area contributed by atoms with Crippen LogP contribution in [0.25, 0.3) is 10.9 Å². The van der Waals surface area contributed by atoms with Gasteiger partial charge in [-0.2, -0.15) is 0 Å². The molecule has 2 aromatic carbocycles. The van der Waals surface area contributed by atoms with E-state index in [1.807, 2.05) is 36.6 Å². The number of halogens is 1. The van der Waals surface area contributed by atoms with Gasteiger partial charge in [-0.1, -0.05) is 28.1 Å². The van der Waals surface area contributed by atoms with Gasteiger partial charge in [-0.15, -0.1) is 11.8 Å². The van der Waals surface area contributed by atoms with Gasteiger partial charge in [0.25, 0.3) is 5.91 Å². The molecule has 1 heterocycles. The first-order valence-electron chi connectivity index (χ1n) is 7.30. The fourth-order valence-corrected chi connectivity index (χ4v) is 3.13. The number of hydrogen-bond donors (Lipinski definition) is 2. The van der Waals surface area contributed by atoms with Crippen LogP contribution in [0.5, 0.6) is 0 Å². The molecular weight excluding hydrogens is 388 g/mol. The van der Waals surface area contributed by atoms with Crippen molar-refractivity contribution in [2.45, 2.75) is 11.4 Å². The summed E-state index contributed by atoms with van der Waals surface area (Å²) < 4.78 is 0.825. The third-order valence-electron chi connectivity index (χ3n) is 3.65. The van der Waals surface area contributed by atoms with Crippen LogP contribution in [0.4, 0.5) is 0 Å². The number of nitrogens with one attached hydrogen (secondary N) is 2. The molecule has 3 aromatic rings. The number of pyridine rings is 1. The van der Waals surface area contributed by atoms with Gasteiger partial charge < -0.3 is 10.3 Å². The number of aromatic amines is 1. The van der Waals surface area contributed by atoms with Crippen LogP contribution >= 0.6 is 27.7 Å². The molecule has 4 nitrogen and oxygen atoms in total. The van der Waals surface area contributed by atoms with Crippen molar-refractivity contribution in [2.75, 3.05) is 6.26 Å². The summed E-state index contributed by atoms with van der Waals surface area (Å²) in [6.45, 7) is 0.411. The van der Waals surface area contributed by atoms with Crippen LogP contribution in [-0.4, -0.2) is 17.1 Å². The predicted octanol–water partition coefficient (Wildman–Crippen LogP) is 3.94. The highest BCUT2D eigenvalue weighted by atomic mass is 79.9. The van der Waals surface area contributed by atoms with E-state index in [2.05, 4.69) is 26.2 Å². The van der Waals surface area contributed by atoms with Crippen molar-refractivity contribution in [3.63, 3.8) is 0 Å². The standard InChI is InChI=1S/C18H15BrN2O2S/c1-24-13-5-2-11(3-6-13)10-20-18(23)16-9-17(22)14-8-12(19)4-7-15(14)21-16/h2-9H,10H2,1H3,(H,20,23)(H,21,22). The number of benzene rings is 2. The first kappa shape index (κ1) is 16.8. The Morgan fingerprint density at radius 1 is 1.17 bits per heavy atom. The van der Waals surface area contributed by atoms with Gasteiger partial charge in [-0.05, 0) is 42.2 Å². The molecule has 0 atom stereocenters. The Morgan fingerprint density at radius 2 is 1.92 bits per heavy atom. The molecule has 0 radical (unpaired) electrons. The molecule has 0 saturated carbocycles. The zero-order valence-electron chi connectivity index (χ0n) is 12.9. The molecule has 0 spiro atoms. The molecule has 0 fully saturated rings. The number of aromatic nitrogens is 1. The number of carbonyl (C=O) groups is 1. The van der Waals surface area contributed by atoms with E-state index in [0.717, 1.165) is 10.0 Å². The molecule has 0 unspecified atom stereocenters. The Morgan fingerprint density at radius 3 is 2.62 bits per heavy atom. The Hall–Kier alpha value is -2.05. The summed E-state index contributed by atoms with van der Waals surface area (Å²) in [5.74, 6) is -0.300. The highest BCUT2D eigenvalue weighted by Crippen LogP contribution is 2.16. The maximum atomic E-state index is 12.3. The van der Waals surface area contributed by atoms with E-state index in [1.165, 1.54) is 11.0 Å². The molecule has 0 aliphatic heterocycles. The van der Waals surface area contributed by atoms with Crippen LogP contribution in [0.3, 0.4) is 0 Å². The maximum Gasteiger partial charge on any atom is 0.268 e. The van der Waals surface area contributed by atoms with E-state index in [9.17, 15) is 9.59 Å². The van der Waals surface area contributed by atoms with E-state index in [1.54, 1.807) is 23.9 Å². The minimum atomic E-state index is -0.300. The topological polar surface area (TPSA) is 62.0 Å². The molecule has 1 amide bonds. The van der Waals surface area contributed by atoms with Crippen LogP contribution in [0, 0.1) is 0 Å². The summed E-state index contributed by atoms with van der Waals surface area (Å²) >= 11 is 5.01. The van der Waals surface area contributed by atoms with Crippen molar-refractivity contribution < 1.29 is 4.79 Å². The van der Waals surface area contributed by atoms with Crippen molar-refractivity contribution in [2.24, 2.45) is 0 Å². The molecule has 0 aliphatic rings. The summed E-state index contributed by atoms with van der Waals surface area (Å²) in [6.07, 6.45) is 2.02. The van der Waals surface area contributed by atoms with E-state index in [4.69, 9.17) is 0 Å². The lowest BCUT2D eigenvalue weighted by Crippen LogP contribution is -2.25. The van der Waals surface area contributed by atoms with E-state index in [0.29, 0.717) is 17.4 Å². The summed E-state index contributed by atoms with van der Waals surface area (Å²) in [7, 11) is 0. The van der Waals surface area contributed by atoms with Gasteiger partial charge in [0.15, 0.2) is 5.43 Å². The number of carbonyl (C=O) groups excluding carboxylic acids is 1. The maximum absolute atomic E-state index is 12.3. The van der Waals surface area contributed by atoms with Gasteiger partial charge in [0, 0.05) is 32.9 Å². The minimum absolute atomic E-state index is 0.181. The smallest absolute Gasteiger partial charge is 0.268 e. The molecule has 6 heteroatoms. The summed E-state index contributed by atoms with van der Waals surface area (Å²) in [6, 6.07) is 14.7. The zero-order chi connectivity index (χ0) is 17.1. The molecule has 0 saturated heterocycles. The molecule has 0 aliphatic carbocycles. The number of H-pyrrole nitrogens is 1. The lowest BCUT2D eigenvalue weighted by atomic mass is 10.2. The third kappa shape index (κ3) is 3.71. The quantitative estimate of drug-likeness (QED) is 0.649. The molecule has 1 aromatic heterocycles. The van der Waals surface area contributed by atoms with Crippen LogP contribution in [0.15, 0.2) is 62.7 Å². The largest absolute Gasteiger partial charge is 0.350 e. The minimum Gasteiger partial charge on any atom is -0.350 e.